The van der Waals surface area contributed by atoms with Gasteiger partial charge in [-0.25, -0.2) is 0 Å². The van der Waals surface area contributed by atoms with Crippen molar-refractivity contribution in [3.05, 3.63) is 30.6 Å². The van der Waals surface area contributed by atoms with E-state index in [2.05, 4.69) is 23.9 Å². The lowest BCUT2D eigenvalue weighted by molar-refractivity contribution is -0.137. The minimum absolute atomic E-state index is 0.0789. The van der Waals surface area contributed by atoms with E-state index >= 15 is 0 Å². The van der Waals surface area contributed by atoms with E-state index in [4.69, 9.17) is 0 Å². The zero-order valence-electron chi connectivity index (χ0n) is 12.6. The number of carbonyl (C=O) groups excluding carboxylic acids is 2. The number of hydrogen-bond donors (Lipinski definition) is 1. The molecule has 2 atom stereocenters. The molecule has 114 valence electrons. The fraction of sp³-hybridized carbons (Fsp3) is 0.533. The molecule has 0 bridgehead atoms. The molecule has 1 N–H and O–H groups in total. The molecule has 1 fully saturated rings. The Hall–Kier alpha value is -2.11. The second-order valence-corrected chi connectivity index (χ2v) is 5.62. The van der Waals surface area contributed by atoms with Crippen LogP contribution in [0, 0.1) is 5.92 Å². The van der Waals surface area contributed by atoms with Gasteiger partial charge in [0.2, 0.25) is 11.8 Å². The zero-order valence-corrected chi connectivity index (χ0v) is 12.6. The zero-order chi connectivity index (χ0) is 15.4. The fourth-order valence-electron chi connectivity index (χ4n) is 2.65. The molecule has 0 saturated carbocycles. The van der Waals surface area contributed by atoms with Crippen LogP contribution in [0.3, 0.4) is 0 Å². The van der Waals surface area contributed by atoms with Crippen LogP contribution in [-0.4, -0.2) is 39.6 Å². The summed E-state index contributed by atoms with van der Waals surface area (Å²) in [5.74, 6) is 0.0550. The lowest BCUT2D eigenvalue weighted by atomic mass is 9.99. The molecule has 2 heterocycles. The Morgan fingerprint density at radius 1 is 1.57 bits per heavy atom. The highest BCUT2D eigenvalue weighted by Gasteiger charge is 2.30. The Labute approximate surface area is 124 Å². The summed E-state index contributed by atoms with van der Waals surface area (Å²) in [6.07, 6.45) is 6.68. The molecule has 1 aliphatic heterocycles. The first kappa shape index (κ1) is 15.3. The first-order valence-corrected chi connectivity index (χ1v) is 7.21. The number of carbonyl (C=O) groups is 2. The van der Waals surface area contributed by atoms with E-state index in [0.717, 1.165) is 25.9 Å². The molecule has 1 aliphatic rings. The Kier molecular flexibility index (Phi) is 4.77. The van der Waals surface area contributed by atoms with E-state index in [-0.39, 0.29) is 11.8 Å². The van der Waals surface area contributed by atoms with Crippen molar-refractivity contribution in [2.45, 2.75) is 25.8 Å². The smallest absolute Gasteiger partial charge is 0.249 e. The quantitative estimate of drug-likeness (QED) is 0.842. The fourth-order valence-corrected chi connectivity index (χ4v) is 2.65. The van der Waals surface area contributed by atoms with Gasteiger partial charge in [-0.1, -0.05) is 13.5 Å². The van der Waals surface area contributed by atoms with Gasteiger partial charge >= 0.3 is 0 Å². The number of nitrogens with one attached hydrogen (secondary N) is 1. The summed E-state index contributed by atoms with van der Waals surface area (Å²) in [6.45, 7) is 7.05. The third-order valence-electron chi connectivity index (χ3n) is 3.75. The largest absolute Gasteiger partial charge is 0.340 e. The molecular weight excluding hydrogens is 268 g/mol. The summed E-state index contributed by atoms with van der Waals surface area (Å²) >= 11 is 0. The first-order valence-electron chi connectivity index (χ1n) is 7.21. The maximum atomic E-state index is 12.7. The van der Waals surface area contributed by atoms with Crippen molar-refractivity contribution < 1.29 is 9.59 Å². The van der Waals surface area contributed by atoms with E-state index in [0.29, 0.717) is 11.5 Å². The standard InChI is InChI=1S/C15H22N4O2/c1-4-13(20)17-14(12-8-16-18(3)10-12)15(21)19-7-5-6-11(2)9-19/h4,8,10-11,14H,1,5-7,9H2,2-3H3,(H,17,20)/t11-,14-/m1/s1. The third-order valence-corrected chi connectivity index (χ3v) is 3.75. The van der Waals surface area contributed by atoms with Crippen LogP contribution in [0.4, 0.5) is 0 Å². The van der Waals surface area contributed by atoms with Crippen LogP contribution >= 0.6 is 0 Å². The molecule has 0 aromatic carbocycles. The Bertz CT molecular complexity index is 538. The Morgan fingerprint density at radius 3 is 2.90 bits per heavy atom. The van der Waals surface area contributed by atoms with Gasteiger partial charge in [-0.3, -0.25) is 14.3 Å². The summed E-state index contributed by atoms with van der Waals surface area (Å²) in [4.78, 5) is 26.2. The van der Waals surface area contributed by atoms with Crippen molar-refractivity contribution in [3.63, 3.8) is 0 Å². The second kappa shape index (κ2) is 6.56. The Balaban J connectivity index is 2.19. The molecule has 0 radical (unpaired) electrons. The summed E-state index contributed by atoms with van der Waals surface area (Å²) in [7, 11) is 1.78. The molecule has 0 aliphatic carbocycles. The number of hydrogen-bond acceptors (Lipinski definition) is 3. The molecular formula is C15H22N4O2. The number of aryl methyl sites for hydroxylation is 1. The average molecular weight is 290 g/mol. The van der Waals surface area contributed by atoms with Crippen molar-refractivity contribution in [2.75, 3.05) is 13.1 Å². The molecule has 6 heteroatoms. The topological polar surface area (TPSA) is 67.2 Å². The van der Waals surface area contributed by atoms with Gasteiger partial charge in [0.05, 0.1) is 6.20 Å². The maximum absolute atomic E-state index is 12.7. The predicted octanol–water partition coefficient (Wildman–Crippen LogP) is 1.02. The van der Waals surface area contributed by atoms with Crippen LogP contribution in [0.1, 0.15) is 31.4 Å². The number of rotatable bonds is 4. The van der Waals surface area contributed by atoms with Crippen molar-refractivity contribution in [2.24, 2.45) is 13.0 Å². The molecule has 6 nitrogen and oxygen atoms in total. The monoisotopic (exact) mass is 290 g/mol. The molecule has 1 aromatic heterocycles. The second-order valence-electron chi connectivity index (χ2n) is 5.62. The highest BCUT2D eigenvalue weighted by Crippen LogP contribution is 2.21. The minimum Gasteiger partial charge on any atom is -0.340 e. The van der Waals surface area contributed by atoms with E-state index in [9.17, 15) is 9.59 Å². The first-order chi connectivity index (χ1) is 10.0. The normalized spacial score (nSPS) is 19.9. The molecule has 2 rings (SSSR count). The van der Waals surface area contributed by atoms with Crippen molar-refractivity contribution in [1.82, 2.24) is 20.0 Å². The van der Waals surface area contributed by atoms with Gasteiger partial charge in [0.1, 0.15) is 6.04 Å². The van der Waals surface area contributed by atoms with Crippen molar-refractivity contribution in [1.29, 1.82) is 0 Å². The molecule has 0 unspecified atom stereocenters. The van der Waals surface area contributed by atoms with Gasteiger partial charge < -0.3 is 10.2 Å². The highest BCUT2D eigenvalue weighted by molar-refractivity contribution is 5.93. The van der Waals surface area contributed by atoms with Crippen molar-refractivity contribution >= 4 is 11.8 Å². The predicted molar refractivity (Wildman–Crippen MR) is 79.3 cm³/mol. The van der Waals surface area contributed by atoms with Gasteiger partial charge in [-0.2, -0.15) is 5.10 Å². The Morgan fingerprint density at radius 2 is 2.33 bits per heavy atom. The number of likely N-dealkylation sites (tertiary alicyclic amines) is 1. The maximum Gasteiger partial charge on any atom is 0.249 e. The van der Waals surface area contributed by atoms with E-state index in [1.165, 1.54) is 6.08 Å². The molecule has 2 amide bonds. The molecule has 1 saturated heterocycles. The van der Waals surface area contributed by atoms with Crippen LogP contribution in [0.25, 0.3) is 0 Å². The van der Waals surface area contributed by atoms with Gasteiger partial charge in [0.15, 0.2) is 0 Å². The lowest BCUT2D eigenvalue weighted by Crippen LogP contribution is -2.46. The SMILES string of the molecule is C=CC(=O)N[C@@H](C(=O)N1CCC[C@@H](C)C1)c1cnn(C)c1. The average Bonchev–Trinajstić information content (AvgIpc) is 2.90. The third kappa shape index (κ3) is 3.71. The van der Waals surface area contributed by atoms with Crippen LogP contribution in [0.2, 0.25) is 0 Å². The van der Waals surface area contributed by atoms with Crippen LogP contribution in [0.5, 0.6) is 0 Å². The minimum atomic E-state index is -0.700. The van der Waals surface area contributed by atoms with E-state index < -0.39 is 6.04 Å². The van der Waals surface area contributed by atoms with Gasteiger partial charge in [0, 0.05) is 31.9 Å². The number of aromatic nitrogens is 2. The van der Waals surface area contributed by atoms with E-state index in [1.54, 1.807) is 24.1 Å². The summed E-state index contributed by atoms with van der Waals surface area (Å²) in [5, 5.41) is 6.79. The van der Waals surface area contributed by atoms with Crippen LogP contribution in [0.15, 0.2) is 25.0 Å². The van der Waals surface area contributed by atoms with Gasteiger partial charge in [0.25, 0.3) is 0 Å². The number of nitrogens with zero attached hydrogens (tertiary/aromatic N) is 3. The number of amides is 2. The van der Waals surface area contributed by atoms with Gasteiger partial charge in [-0.15, -0.1) is 0 Å². The summed E-state index contributed by atoms with van der Waals surface area (Å²) in [6, 6.07) is -0.700. The van der Waals surface area contributed by atoms with E-state index in [1.807, 2.05) is 4.90 Å². The molecule has 21 heavy (non-hydrogen) atoms. The summed E-state index contributed by atoms with van der Waals surface area (Å²) < 4.78 is 1.62. The van der Waals surface area contributed by atoms with Crippen molar-refractivity contribution in [3.8, 4) is 0 Å². The summed E-state index contributed by atoms with van der Waals surface area (Å²) in [5.41, 5.74) is 0.691. The van der Waals surface area contributed by atoms with Gasteiger partial charge in [-0.05, 0) is 24.8 Å². The molecule has 1 aromatic rings. The van der Waals surface area contributed by atoms with Crippen LogP contribution < -0.4 is 5.32 Å². The highest BCUT2D eigenvalue weighted by atomic mass is 16.2. The lowest BCUT2D eigenvalue weighted by Gasteiger charge is -2.33. The van der Waals surface area contributed by atoms with Crippen LogP contribution in [-0.2, 0) is 16.6 Å². The number of piperidine rings is 1. The molecule has 0 spiro atoms.